The van der Waals surface area contributed by atoms with Crippen LogP contribution in [0.2, 0.25) is 0 Å². The van der Waals surface area contributed by atoms with Crippen LogP contribution < -0.4 is 4.74 Å². The number of aromatic nitrogens is 1. The van der Waals surface area contributed by atoms with Crippen molar-refractivity contribution < 1.29 is 9.53 Å². The number of H-pyrrole nitrogens is 1. The minimum Gasteiger partial charge on any atom is -0.496 e. The lowest BCUT2D eigenvalue weighted by Gasteiger charge is -2.25. The van der Waals surface area contributed by atoms with Gasteiger partial charge >= 0.3 is 0 Å². The summed E-state index contributed by atoms with van der Waals surface area (Å²) in [4.78, 5) is 17.8. The predicted octanol–water partition coefficient (Wildman–Crippen LogP) is 4.04. The van der Waals surface area contributed by atoms with Gasteiger partial charge < -0.3 is 14.6 Å². The first kappa shape index (κ1) is 14.8. The Morgan fingerprint density at radius 1 is 1.17 bits per heavy atom. The Morgan fingerprint density at radius 2 is 2.00 bits per heavy atom. The van der Waals surface area contributed by atoms with Gasteiger partial charge in [-0.15, -0.1) is 0 Å². The summed E-state index contributed by atoms with van der Waals surface area (Å²) in [5, 5.41) is 1.08. The minimum atomic E-state index is 0.0859. The molecule has 2 heterocycles. The number of carbonyl (C=O) groups excluding carboxylic acids is 1. The van der Waals surface area contributed by atoms with Crippen molar-refractivity contribution in [1.82, 2.24) is 9.88 Å². The Morgan fingerprint density at radius 3 is 2.79 bits per heavy atom. The number of benzene rings is 2. The van der Waals surface area contributed by atoms with Crippen LogP contribution in [0.4, 0.5) is 0 Å². The van der Waals surface area contributed by atoms with Gasteiger partial charge in [-0.1, -0.05) is 36.4 Å². The zero-order chi connectivity index (χ0) is 16.5. The maximum atomic E-state index is 12.5. The van der Waals surface area contributed by atoms with Crippen molar-refractivity contribution in [1.29, 1.82) is 0 Å². The van der Waals surface area contributed by atoms with Crippen LogP contribution in [0.5, 0.6) is 5.75 Å². The molecule has 2 aromatic carbocycles. The van der Waals surface area contributed by atoms with E-state index in [2.05, 4.69) is 17.1 Å². The van der Waals surface area contributed by atoms with E-state index in [0.717, 1.165) is 34.2 Å². The molecular formula is C20H20N2O2. The predicted molar refractivity (Wildman–Crippen MR) is 93.8 cm³/mol. The van der Waals surface area contributed by atoms with Gasteiger partial charge in [-0.25, -0.2) is 0 Å². The van der Waals surface area contributed by atoms with Crippen LogP contribution in [0.1, 0.15) is 30.0 Å². The quantitative estimate of drug-likeness (QED) is 0.788. The highest BCUT2D eigenvalue weighted by molar-refractivity contribution is 5.91. The fourth-order valence-corrected chi connectivity index (χ4v) is 3.65. The third-order valence-electron chi connectivity index (χ3n) is 4.80. The molecule has 1 aliphatic heterocycles. The van der Waals surface area contributed by atoms with E-state index in [1.165, 1.54) is 0 Å². The number of hydrogen-bond donors (Lipinski definition) is 1. The van der Waals surface area contributed by atoms with Gasteiger partial charge in [0.1, 0.15) is 5.75 Å². The van der Waals surface area contributed by atoms with Crippen molar-refractivity contribution in [2.45, 2.75) is 25.4 Å². The van der Waals surface area contributed by atoms with Gasteiger partial charge in [0.05, 0.1) is 13.2 Å². The molecule has 4 heteroatoms. The van der Waals surface area contributed by atoms with Crippen molar-refractivity contribution >= 4 is 16.8 Å². The number of carbonyl (C=O) groups is 1. The zero-order valence-corrected chi connectivity index (χ0v) is 13.7. The maximum Gasteiger partial charge on any atom is 0.223 e. The topological polar surface area (TPSA) is 45.3 Å². The van der Waals surface area contributed by atoms with E-state index in [-0.39, 0.29) is 11.9 Å². The van der Waals surface area contributed by atoms with Crippen LogP contribution in [0.15, 0.2) is 54.7 Å². The molecule has 24 heavy (non-hydrogen) atoms. The molecule has 1 amide bonds. The van der Waals surface area contributed by atoms with E-state index >= 15 is 0 Å². The molecular weight excluding hydrogens is 300 g/mol. The SMILES string of the molecule is COc1cccc2[nH]cc([C@H]3CCC(=O)N3Cc3ccccc3)c12. The molecule has 1 N–H and O–H groups in total. The Hall–Kier alpha value is -2.75. The maximum absolute atomic E-state index is 12.5. The fraction of sp³-hybridized carbons (Fsp3) is 0.250. The average molecular weight is 320 g/mol. The normalized spacial score (nSPS) is 17.6. The van der Waals surface area contributed by atoms with E-state index in [9.17, 15) is 4.79 Å². The molecule has 0 spiro atoms. The molecule has 1 aliphatic rings. The second-order valence-electron chi connectivity index (χ2n) is 6.19. The second kappa shape index (κ2) is 6.04. The third kappa shape index (κ3) is 2.44. The molecule has 0 radical (unpaired) electrons. The molecule has 1 aromatic heterocycles. The number of ether oxygens (including phenoxy) is 1. The smallest absolute Gasteiger partial charge is 0.223 e. The number of rotatable bonds is 4. The molecule has 4 nitrogen and oxygen atoms in total. The summed E-state index contributed by atoms with van der Waals surface area (Å²) in [6, 6.07) is 16.2. The monoisotopic (exact) mass is 320 g/mol. The Labute approximate surface area is 141 Å². The first-order chi connectivity index (χ1) is 11.8. The molecule has 0 bridgehead atoms. The van der Waals surface area contributed by atoms with Crippen LogP contribution in [0.25, 0.3) is 10.9 Å². The van der Waals surface area contributed by atoms with E-state index in [0.29, 0.717) is 13.0 Å². The number of methoxy groups -OCH3 is 1. The number of aromatic amines is 1. The van der Waals surface area contributed by atoms with Crippen molar-refractivity contribution in [3.8, 4) is 5.75 Å². The van der Waals surface area contributed by atoms with Gasteiger partial charge in [0.2, 0.25) is 5.91 Å². The summed E-state index contributed by atoms with van der Waals surface area (Å²) in [6.07, 6.45) is 3.46. The lowest BCUT2D eigenvalue weighted by molar-refractivity contribution is -0.129. The standard InChI is InChI=1S/C20H20N2O2/c1-24-18-9-5-8-16-20(18)15(12-21-16)17-10-11-19(23)22(17)13-14-6-3-2-4-7-14/h2-9,12,17,21H,10-11,13H2,1H3/t17-/m1/s1. The third-order valence-corrected chi connectivity index (χ3v) is 4.80. The van der Waals surface area contributed by atoms with E-state index in [1.807, 2.05) is 47.5 Å². The van der Waals surface area contributed by atoms with Crippen molar-refractivity contribution in [2.24, 2.45) is 0 Å². The molecule has 122 valence electrons. The van der Waals surface area contributed by atoms with Gasteiger partial charge in [0.15, 0.2) is 0 Å². The number of nitrogens with zero attached hydrogens (tertiary/aromatic N) is 1. The summed E-state index contributed by atoms with van der Waals surface area (Å²) in [5.74, 6) is 1.07. The number of amides is 1. The minimum absolute atomic E-state index is 0.0859. The lowest BCUT2D eigenvalue weighted by atomic mass is 10.0. The fourth-order valence-electron chi connectivity index (χ4n) is 3.65. The molecule has 0 aliphatic carbocycles. The lowest BCUT2D eigenvalue weighted by Crippen LogP contribution is -2.27. The van der Waals surface area contributed by atoms with Crippen LogP contribution in [0.3, 0.4) is 0 Å². The van der Waals surface area contributed by atoms with Crippen molar-refractivity contribution in [3.63, 3.8) is 0 Å². The van der Waals surface area contributed by atoms with E-state index in [1.54, 1.807) is 7.11 Å². The molecule has 0 saturated carbocycles. The van der Waals surface area contributed by atoms with Gasteiger partial charge in [-0.3, -0.25) is 4.79 Å². The average Bonchev–Trinajstić information content (AvgIpc) is 3.20. The van der Waals surface area contributed by atoms with Crippen LogP contribution >= 0.6 is 0 Å². The highest BCUT2D eigenvalue weighted by atomic mass is 16.5. The number of likely N-dealkylation sites (tertiary alicyclic amines) is 1. The largest absolute Gasteiger partial charge is 0.496 e. The van der Waals surface area contributed by atoms with Crippen LogP contribution in [0, 0.1) is 0 Å². The summed E-state index contributed by atoms with van der Waals surface area (Å²) in [5.41, 5.74) is 3.34. The highest BCUT2D eigenvalue weighted by Gasteiger charge is 2.34. The summed E-state index contributed by atoms with van der Waals surface area (Å²) >= 11 is 0. The first-order valence-corrected chi connectivity index (χ1v) is 8.25. The Kier molecular flexibility index (Phi) is 3.73. The molecule has 0 unspecified atom stereocenters. The molecule has 1 fully saturated rings. The highest BCUT2D eigenvalue weighted by Crippen LogP contribution is 2.40. The van der Waals surface area contributed by atoms with Crippen molar-refractivity contribution in [3.05, 3.63) is 65.9 Å². The van der Waals surface area contributed by atoms with Crippen LogP contribution in [-0.2, 0) is 11.3 Å². The van der Waals surface area contributed by atoms with Crippen LogP contribution in [-0.4, -0.2) is 22.9 Å². The second-order valence-corrected chi connectivity index (χ2v) is 6.19. The number of fused-ring (bicyclic) bond motifs is 1. The van der Waals surface area contributed by atoms with Gasteiger partial charge in [0, 0.05) is 35.6 Å². The molecule has 3 aromatic rings. The van der Waals surface area contributed by atoms with Gasteiger partial charge in [0.25, 0.3) is 0 Å². The summed E-state index contributed by atoms with van der Waals surface area (Å²) < 4.78 is 5.54. The summed E-state index contributed by atoms with van der Waals surface area (Å²) in [7, 11) is 1.69. The van der Waals surface area contributed by atoms with E-state index in [4.69, 9.17) is 4.74 Å². The number of hydrogen-bond acceptors (Lipinski definition) is 2. The van der Waals surface area contributed by atoms with Gasteiger partial charge in [-0.2, -0.15) is 0 Å². The van der Waals surface area contributed by atoms with Crippen molar-refractivity contribution in [2.75, 3.05) is 7.11 Å². The summed E-state index contributed by atoms with van der Waals surface area (Å²) in [6.45, 7) is 0.645. The molecule has 4 rings (SSSR count). The van der Waals surface area contributed by atoms with Gasteiger partial charge in [-0.05, 0) is 24.1 Å². The zero-order valence-electron chi connectivity index (χ0n) is 13.7. The van der Waals surface area contributed by atoms with E-state index < -0.39 is 0 Å². The molecule has 1 atom stereocenters. The first-order valence-electron chi connectivity index (χ1n) is 8.25. The number of nitrogens with one attached hydrogen (secondary N) is 1. The Balaban J connectivity index is 1.74. The molecule has 1 saturated heterocycles. The Bertz CT molecular complexity index is 870.